The Morgan fingerprint density at radius 3 is 1.64 bits per heavy atom. The van der Waals surface area contributed by atoms with Crippen molar-refractivity contribution in [1.82, 2.24) is 4.90 Å². The van der Waals surface area contributed by atoms with Crippen molar-refractivity contribution in [2.24, 2.45) is 11.8 Å². The maximum absolute atomic E-state index is 13.9. The average molecular weight is 442 g/mol. The Hall–Kier alpha value is -3.08. The highest BCUT2D eigenvalue weighted by molar-refractivity contribution is 6.02. The number of aryl methyl sites for hydroxylation is 2. The van der Waals surface area contributed by atoms with E-state index in [0.29, 0.717) is 30.8 Å². The molecule has 1 saturated heterocycles. The van der Waals surface area contributed by atoms with Crippen LogP contribution in [0.5, 0.6) is 0 Å². The summed E-state index contributed by atoms with van der Waals surface area (Å²) in [5.41, 5.74) is 4.63. The number of benzene rings is 3. The highest BCUT2D eigenvalue weighted by atomic mass is 16.3. The number of aliphatic hydroxyl groups excluding tert-OH is 1. The summed E-state index contributed by atoms with van der Waals surface area (Å²) in [6.45, 7) is 5.60. The average Bonchev–Trinajstić information content (AvgIpc) is 2.84. The molecule has 33 heavy (non-hydrogen) atoms. The smallest absolute Gasteiger partial charge is 0.167 e. The fourth-order valence-corrected chi connectivity index (χ4v) is 5.34. The lowest BCUT2D eigenvalue weighted by Crippen LogP contribution is -2.51. The highest BCUT2D eigenvalue weighted by Crippen LogP contribution is 2.43. The van der Waals surface area contributed by atoms with Crippen LogP contribution in [0.25, 0.3) is 0 Å². The van der Waals surface area contributed by atoms with Gasteiger partial charge in [0.05, 0.1) is 6.61 Å². The van der Waals surface area contributed by atoms with Crippen molar-refractivity contribution >= 4 is 11.6 Å². The fourth-order valence-electron chi connectivity index (χ4n) is 5.34. The maximum atomic E-state index is 13.9. The number of carbonyl (C=O) groups is 2. The van der Waals surface area contributed by atoms with Gasteiger partial charge in [-0.15, -0.1) is 0 Å². The van der Waals surface area contributed by atoms with Crippen molar-refractivity contribution in [1.29, 1.82) is 0 Å². The molecule has 1 fully saturated rings. The van der Waals surface area contributed by atoms with Gasteiger partial charge in [0.25, 0.3) is 0 Å². The van der Waals surface area contributed by atoms with Crippen LogP contribution < -0.4 is 0 Å². The van der Waals surface area contributed by atoms with Gasteiger partial charge in [-0.3, -0.25) is 14.5 Å². The van der Waals surface area contributed by atoms with E-state index in [-0.39, 0.29) is 35.9 Å². The molecule has 3 aromatic rings. The van der Waals surface area contributed by atoms with Crippen LogP contribution in [0.4, 0.5) is 0 Å². The zero-order valence-electron chi connectivity index (χ0n) is 19.3. The van der Waals surface area contributed by atoms with Crippen LogP contribution in [0, 0.1) is 25.7 Å². The molecule has 0 saturated carbocycles. The van der Waals surface area contributed by atoms with Crippen LogP contribution >= 0.6 is 0 Å². The molecule has 2 atom stereocenters. The number of aliphatic hydroxyl groups is 1. The van der Waals surface area contributed by atoms with Crippen molar-refractivity contribution in [3.8, 4) is 0 Å². The van der Waals surface area contributed by atoms with Gasteiger partial charge in [0.2, 0.25) is 0 Å². The number of nitrogens with zero attached hydrogens (tertiary/aromatic N) is 1. The minimum atomic E-state index is -0.384. The number of β-amino-alcohol motifs (C(OH)–C–C–N with tert-alkyl or cyclic N) is 1. The molecule has 0 amide bonds. The van der Waals surface area contributed by atoms with Crippen molar-refractivity contribution in [2.75, 3.05) is 26.2 Å². The first-order valence-corrected chi connectivity index (χ1v) is 11.6. The molecule has 1 aliphatic rings. The minimum absolute atomic E-state index is 0.00739. The van der Waals surface area contributed by atoms with E-state index in [1.165, 1.54) is 0 Å². The van der Waals surface area contributed by atoms with Crippen LogP contribution in [-0.4, -0.2) is 47.8 Å². The topological polar surface area (TPSA) is 57.6 Å². The molecule has 0 aliphatic carbocycles. The van der Waals surface area contributed by atoms with Gasteiger partial charge in [-0.2, -0.15) is 0 Å². The second-order valence-electron chi connectivity index (χ2n) is 8.99. The van der Waals surface area contributed by atoms with E-state index in [0.717, 1.165) is 16.7 Å². The molecule has 0 spiro atoms. The molecular weight excluding hydrogens is 410 g/mol. The Morgan fingerprint density at radius 1 is 0.758 bits per heavy atom. The molecule has 1 N–H and O–H groups in total. The van der Waals surface area contributed by atoms with Crippen molar-refractivity contribution in [3.63, 3.8) is 0 Å². The molecule has 4 rings (SSSR count). The normalized spacial score (nSPS) is 19.4. The molecule has 0 radical (unpaired) electrons. The summed E-state index contributed by atoms with van der Waals surface area (Å²) in [6.07, 6.45) is 0. The van der Waals surface area contributed by atoms with Gasteiger partial charge >= 0.3 is 0 Å². The lowest BCUT2D eigenvalue weighted by atomic mass is 9.67. The van der Waals surface area contributed by atoms with E-state index in [1.807, 2.05) is 66.7 Å². The van der Waals surface area contributed by atoms with Crippen molar-refractivity contribution < 1.29 is 14.7 Å². The summed E-state index contributed by atoms with van der Waals surface area (Å²) in [4.78, 5) is 29.8. The summed E-state index contributed by atoms with van der Waals surface area (Å²) in [6, 6.07) is 24.9. The Labute approximate surface area is 195 Å². The monoisotopic (exact) mass is 441 g/mol. The van der Waals surface area contributed by atoms with Gasteiger partial charge in [0, 0.05) is 48.5 Å². The van der Waals surface area contributed by atoms with Crippen LogP contribution in [-0.2, 0) is 0 Å². The number of hydrogen-bond acceptors (Lipinski definition) is 4. The first-order valence-electron chi connectivity index (χ1n) is 11.6. The Bertz CT molecular complexity index is 1030. The summed E-state index contributed by atoms with van der Waals surface area (Å²) in [5.74, 6) is -0.898. The SMILES string of the molecule is Cc1cccc(C)c1C1[C@@H](C(=O)c2ccccc2)CN(CCO)C[C@@H]1C(=O)c1ccccc1. The zero-order chi connectivity index (χ0) is 23.4. The van der Waals surface area contributed by atoms with Crippen LogP contribution in [0.15, 0.2) is 78.9 Å². The van der Waals surface area contributed by atoms with E-state index in [4.69, 9.17) is 0 Å². The molecule has 1 heterocycles. The third kappa shape index (κ3) is 4.82. The third-order valence-corrected chi connectivity index (χ3v) is 6.86. The number of Topliss-reactive ketones (excluding diaryl/α,β-unsaturated/α-hetero) is 2. The number of ketones is 2. The molecule has 4 nitrogen and oxygen atoms in total. The quantitative estimate of drug-likeness (QED) is 0.540. The number of piperidine rings is 1. The van der Waals surface area contributed by atoms with Crippen LogP contribution in [0.1, 0.15) is 43.3 Å². The first-order chi connectivity index (χ1) is 16.0. The molecule has 4 heteroatoms. The second-order valence-corrected chi connectivity index (χ2v) is 8.99. The number of carbonyl (C=O) groups excluding carboxylic acids is 2. The van der Waals surface area contributed by atoms with E-state index in [2.05, 4.69) is 30.9 Å². The summed E-state index contributed by atoms with van der Waals surface area (Å²) in [5, 5.41) is 9.66. The highest BCUT2D eigenvalue weighted by Gasteiger charge is 2.45. The van der Waals surface area contributed by atoms with Gasteiger partial charge < -0.3 is 5.11 Å². The van der Waals surface area contributed by atoms with Gasteiger partial charge in [0.1, 0.15) is 0 Å². The molecule has 0 unspecified atom stereocenters. The maximum Gasteiger partial charge on any atom is 0.167 e. The predicted octanol–water partition coefficient (Wildman–Crippen LogP) is 4.69. The Kier molecular flexibility index (Phi) is 7.17. The van der Waals surface area contributed by atoms with E-state index < -0.39 is 0 Å². The van der Waals surface area contributed by atoms with Gasteiger partial charge in [0.15, 0.2) is 11.6 Å². The van der Waals surface area contributed by atoms with Gasteiger partial charge in [-0.1, -0.05) is 78.9 Å². The fraction of sp³-hybridized carbons (Fsp3) is 0.310. The predicted molar refractivity (Wildman–Crippen MR) is 131 cm³/mol. The summed E-state index contributed by atoms with van der Waals surface area (Å²) in [7, 11) is 0. The molecular formula is C29H31NO3. The second kappa shape index (κ2) is 10.2. The number of likely N-dealkylation sites (tertiary alicyclic amines) is 1. The lowest BCUT2D eigenvalue weighted by molar-refractivity contribution is 0.0528. The first kappa shape index (κ1) is 23.1. The van der Waals surface area contributed by atoms with E-state index in [9.17, 15) is 14.7 Å². The third-order valence-electron chi connectivity index (χ3n) is 6.86. The Morgan fingerprint density at radius 2 is 1.21 bits per heavy atom. The molecule has 3 aromatic carbocycles. The summed E-state index contributed by atoms with van der Waals surface area (Å²) < 4.78 is 0. The summed E-state index contributed by atoms with van der Waals surface area (Å²) >= 11 is 0. The molecule has 1 aliphatic heterocycles. The minimum Gasteiger partial charge on any atom is -0.395 e. The van der Waals surface area contributed by atoms with Crippen LogP contribution in [0.3, 0.4) is 0 Å². The van der Waals surface area contributed by atoms with Crippen LogP contribution in [0.2, 0.25) is 0 Å². The van der Waals surface area contributed by atoms with E-state index >= 15 is 0 Å². The molecule has 170 valence electrons. The van der Waals surface area contributed by atoms with Crippen molar-refractivity contribution in [3.05, 3.63) is 107 Å². The van der Waals surface area contributed by atoms with Gasteiger partial charge in [-0.25, -0.2) is 0 Å². The standard InChI is InChI=1S/C29H31NO3/c1-20-10-9-11-21(2)26(20)27-24(28(32)22-12-5-3-6-13-22)18-30(16-17-31)19-25(27)29(33)23-14-7-4-8-15-23/h3-15,24-25,27,31H,16-19H2,1-2H3/t24-,25-/m0/s1. The lowest BCUT2D eigenvalue weighted by Gasteiger charge is -2.44. The number of hydrogen-bond donors (Lipinski definition) is 1. The van der Waals surface area contributed by atoms with E-state index in [1.54, 1.807) is 0 Å². The number of rotatable bonds is 7. The van der Waals surface area contributed by atoms with Gasteiger partial charge in [-0.05, 0) is 30.5 Å². The van der Waals surface area contributed by atoms with Crippen molar-refractivity contribution in [2.45, 2.75) is 19.8 Å². The Balaban J connectivity index is 1.86. The molecule has 0 aromatic heterocycles. The zero-order valence-corrected chi connectivity index (χ0v) is 19.3. The molecule has 0 bridgehead atoms. The largest absolute Gasteiger partial charge is 0.395 e.